The average molecular weight is 317 g/mol. The monoisotopic (exact) mass is 317 g/mol. The summed E-state index contributed by atoms with van der Waals surface area (Å²) in [5, 5.41) is 0. The summed E-state index contributed by atoms with van der Waals surface area (Å²) in [7, 11) is 0. The summed E-state index contributed by atoms with van der Waals surface area (Å²) >= 11 is 1.63. The van der Waals surface area contributed by atoms with Crippen molar-refractivity contribution >= 4 is 28.9 Å². The molecule has 1 rings (SSSR count). The maximum absolute atomic E-state index is 11.9. The van der Waals surface area contributed by atoms with Gasteiger partial charge in [0.1, 0.15) is 5.69 Å². The van der Waals surface area contributed by atoms with Gasteiger partial charge < -0.3 is 4.74 Å². The molecule has 0 atom stereocenters. The summed E-state index contributed by atoms with van der Waals surface area (Å²) in [5.74, 6) is -0.560. The van der Waals surface area contributed by atoms with Crippen molar-refractivity contribution in [3.63, 3.8) is 0 Å². The van der Waals surface area contributed by atoms with Crippen LogP contribution in [-0.4, -0.2) is 17.6 Å². The number of nitrogens with zero attached hydrogens (tertiary/aromatic N) is 1. The predicted octanol–water partition coefficient (Wildman–Crippen LogP) is 2.40. The number of hydrogen-bond donors (Lipinski definition) is 0. The zero-order valence-electron chi connectivity index (χ0n) is 6.51. The summed E-state index contributed by atoms with van der Waals surface area (Å²) in [5.41, 5.74) is -0.366. The first-order chi connectivity index (χ1) is 6.44. The second-order valence-corrected chi connectivity index (χ2v) is 3.33. The zero-order valence-corrected chi connectivity index (χ0v) is 8.67. The van der Waals surface area contributed by atoms with Crippen LogP contribution < -0.4 is 4.74 Å². The van der Waals surface area contributed by atoms with E-state index in [9.17, 15) is 18.0 Å². The summed E-state index contributed by atoms with van der Waals surface area (Å²) in [6, 6.07) is 1.31. The van der Waals surface area contributed by atoms with Crippen LogP contribution in [0.3, 0.4) is 0 Å². The molecule has 3 nitrogen and oxygen atoms in total. The van der Waals surface area contributed by atoms with E-state index in [0.29, 0.717) is 0 Å². The molecular weight excluding hydrogens is 314 g/mol. The molecule has 0 N–H and O–H groups in total. The Bertz CT molecular complexity index is 353. The van der Waals surface area contributed by atoms with Crippen LogP contribution in [0.15, 0.2) is 12.3 Å². The lowest BCUT2D eigenvalue weighted by molar-refractivity contribution is -0.275. The van der Waals surface area contributed by atoms with Crippen LogP contribution in [0.1, 0.15) is 10.5 Å². The van der Waals surface area contributed by atoms with Crippen molar-refractivity contribution < 1.29 is 22.7 Å². The maximum Gasteiger partial charge on any atom is 0.573 e. The van der Waals surface area contributed by atoms with E-state index in [4.69, 9.17) is 0 Å². The molecular formula is C7H3F3INO2. The molecule has 1 heterocycles. The number of alkyl halides is 3. The highest BCUT2D eigenvalue weighted by molar-refractivity contribution is 14.1. The lowest BCUT2D eigenvalue weighted by atomic mass is 10.3. The van der Waals surface area contributed by atoms with Gasteiger partial charge >= 0.3 is 6.36 Å². The van der Waals surface area contributed by atoms with E-state index in [1.165, 1.54) is 12.3 Å². The summed E-state index contributed by atoms with van der Waals surface area (Å²) < 4.78 is 39.4. The Kier molecular flexibility index (Phi) is 3.29. The maximum atomic E-state index is 11.9. The topological polar surface area (TPSA) is 39.2 Å². The second kappa shape index (κ2) is 4.11. The molecule has 1 aromatic heterocycles. The minimum absolute atomic E-state index is 0.178. The van der Waals surface area contributed by atoms with Gasteiger partial charge in [0.05, 0.1) is 3.57 Å². The average Bonchev–Trinajstić information content (AvgIpc) is 2.06. The number of carbonyl (C=O) groups excluding carboxylic acids is 1. The van der Waals surface area contributed by atoms with Crippen molar-refractivity contribution in [2.45, 2.75) is 6.36 Å². The lowest BCUT2D eigenvalue weighted by Gasteiger charge is -2.11. The van der Waals surface area contributed by atoms with Crippen LogP contribution >= 0.6 is 22.6 Å². The quantitative estimate of drug-likeness (QED) is 0.621. The van der Waals surface area contributed by atoms with Crippen molar-refractivity contribution in [3.05, 3.63) is 21.5 Å². The highest BCUT2D eigenvalue weighted by atomic mass is 127. The molecule has 0 unspecified atom stereocenters. The normalized spacial score (nSPS) is 11.1. The Hall–Kier alpha value is -0.860. The van der Waals surface area contributed by atoms with Crippen LogP contribution in [0.25, 0.3) is 0 Å². The van der Waals surface area contributed by atoms with Gasteiger partial charge in [0.25, 0.3) is 0 Å². The Morgan fingerprint density at radius 1 is 1.50 bits per heavy atom. The third-order valence-electron chi connectivity index (χ3n) is 1.21. The van der Waals surface area contributed by atoms with Crippen molar-refractivity contribution in [3.8, 4) is 5.75 Å². The van der Waals surface area contributed by atoms with Crippen molar-refractivity contribution in [2.75, 3.05) is 0 Å². The van der Waals surface area contributed by atoms with Gasteiger partial charge in [-0.05, 0) is 28.7 Å². The van der Waals surface area contributed by atoms with Crippen LogP contribution in [0.4, 0.5) is 13.2 Å². The Balaban J connectivity index is 3.11. The van der Waals surface area contributed by atoms with Crippen molar-refractivity contribution in [1.29, 1.82) is 0 Å². The number of pyridine rings is 1. The second-order valence-electron chi connectivity index (χ2n) is 2.17. The molecule has 0 amide bonds. The van der Waals surface area contributed by atoms with Gasteiger partial charge in [-0.1, -0.05) is 0 Å². The van der Waals surface area contributed by atoms with E-state index in [1.54, 1.807) is 22.6 Å². The van der Waals surface area contributed by atoms with Crippen molar-refractivity contribution in [2.24, 2.45) is 0 Å². The molecule has 0 aliphatic carbocycles. The standard InChI is InChI=1S/C7H3F3INO2/c8-7(9,10)14-6-4(11)1-2-12-5(6)3-13/h1-3H. The van der Waals surface area contributed by atoms with E-state index >= 15 is 0 Å². The van der Waals surface area contributed by atoms with Gasteiger partial charge in [-0.2, -0.15) is 0 Å². The smallest absolute Gasteiger partial charge is 0.402 e. The third-order valence-corrected chi connectivity index (χ3v) is 2.06. The van der Waals surface area contributed by atoms with Gasteiger partial charge in [-0.15, -0.1) is 13.2 Å². The molecule has 0 fully saturated rings. The zero-order chi connectivity index (χ0) is 10.8. The molecule has 0 aromatic carbocycles. The lowest BCUT2D eigenvalue weighted by Crippen LogP contribution is -2.19. The van der Waals surface area contributed by atoms with Crippen LogP contribution in [0, 0.1) is 3.57 Å². The van der Waals surface area contributed by atoms with E-state index in [0.717, 1.165) is 0 Å². The molecule has 14 heavy (non-hydrogen) atoms. The van der Waals surface area contributed by atoms with Crippen LogP contribution in [0.2, 0.25) is 0 Å². The molecule has 1 aromatic rings. The Labute approximate surface area is 90.4 Å². The molecule has 0 spiro atoms. The number of aromatic nitrogens is 1. The number of halogens is 4. The number of rotatable bonds is 2. The number of hydrogen-bond acceptors (Lipinski definition) is 3. The molecule has 0 aliphatic heterocycles. The summed E-state index contributed by atoms with van der Waals surface area (Å²) in [6.07, 6.45) is -3.38. The molecule has 0 radical (unpaired) electrons. The number of ether oxygens (including phenoxy) is 1. The van der Waals surface area contributed by atoms with Gasteiger partial charge in [0.2, 0.25) is 0 Å². The van der Waals surface area contributed by atoms with Gasteiger partial charge in [0, 0.05) is 6.20 Å². The summed E-state index contributed by atoms with van der Waals surface area (Å²) in [4.78, 5) is 13.8. The molecule has 0 saturated carbocycles. The fraction of sp³-hybridized carbons (Fsp3) is 0.143. The van der Waals surface area contributed by atoms with E-state index in [-0.39, 0.29) is 15.6 Å². The van der Waals surface area contributed by atoms with Crippen LogP contribution in [0.5, 0.6) is 5.75 Å². The Morgan fingerprint density at radius 2 is 2.14 bits per heavy atom. The fourth-order valence-electron chi connectivity index (χ4n) is 0.740. The highest BCUT2D eigenvalue weighted by Gasteiger charge is 2.33. The first-order valence-electron chi connectivity index (χ1n) is 3.29. The SMILES string of the molecule is O=Cc1nccc(I)c1OC(F)(F)F. The fourth-order valence-corrected chi connectivity index (χ4v) is 1.29. The number of carbonyl (C=O) groups is 1. The molecule has 7 heteroatoms. The minimum Gasteiger partial charge on any atom is -0.402 e. The third kappa shape index (κ3) is 2.82. The first-order valence-corrected chi connectivity index (χ1v) is 4.37. The van der Waals surface area contributed by atoms with E-state index in [1.807, 2.05) is 0 Å². The van der Waals surface area contributed by atoms with Crippen LogP contribution in [-0.2, 0) is 0 Å². The molecule has 0 bridgehead atoms. The van der Waals surface area contributed by atoms with Gasteiger partial charge in [-0.3, -0.25) is 4.79 Å². The molecule has 0 saturated heterocycles. The van der Waals surface area contributed by atoms with E-state index < -0.39 is 12.1 Å². The highest BCUT2D eigenvalue weighted by Crippen LogP contribution is 2.28. The summed E-state index contributed by atoms with van der Waals surface area (Å²) in [6.45, 7) is 0. The molecule has 76 valence electrons. The van der Waals surface area contributed by atoms with Gasteiger partial charge in [0.15, 0.2) is 12.0 Å². The first kappa shape index (κ1) is 11.2. The Morgan fingerprint density at radius 3 is 2.64 bits per heavy atom. The van der Waals surface area contributed by atoms with E-state index in [2.05, 4.69) is 9.72 Å². The number of aldehydes is 1. The predicted molar refractivity (Wildman–Crippen MR) is 49.0 cm³/mol. The van der Waals surface area contributed by atoms with Gasteiger partial charge in [-0.25, -0.2) is 4.98 Å². The molecule has 0 aliphatic rings. The largest absolute Gasteiger partial charge is 0.573 e. The minimum atomic E-state index is -4.82. The van der Waals surface area contributed by atoms with Crippen molar-refractivity contribution in [1.82, 2.24) is 4.98 Å².